The van der Waals surface area contributed by atoms with Crippen molar-refractivity contribution in [2.45, 2.75) is 0 Å². The van der Waals surface area contributed by atoms with Crippen molar-refractivity contribution in [1.82, 2.24) is 0 Å². The summed E-state index contributed by atoms with van der Waals surface area (Å²) in [6.45, 7) is 0. The second-order valence-corrected chi connectivity index (χ2v) is 0.453. The van der Waals surface area contributed by atoms with Gasteiger partial charge in [-0.15, -0.1) is 0 Å². The topological polar surface area (TPSA) is 68.2 Å². The zero-order chi connectivity index (χ0) is 5.54. The van der Waals surface area contributed by atoms with Crippen molar-refractivity contribution in [3.63, 3.8) is 0 Å². The van der Waals surface area contributed by atoms with Gasteiger partial charge in [0.25, 0.3) is 0 Å². The predicted octanol–water partition coefficient (Wildman–Crippen LogP) is -0.184. The van der Waals surface area contributed by atoms with Crippen LogP contribution in [-0.2, 0) is 14.8 Å². The smallest absolute Gasteiger partial charge is 0.208 e. The van der Waals surface area contributed by atoms with Crippen LogP contribution in [0.4, 0.5) is 0 Å². The summed E-state index contributed by atoms with van der Waals surface area (Å²) in [5.74, 6) is 0. The first-order valence-corrected chi connectivity index (χ1v) is 1.19. The summed E-state index contributed by atoms with van der Waals surface area (Å²) in [7, 11) is 0. The fourth-order valence-electron chi connectivity index (χ4n) is 0.0543. The van der Waals surface area contributed by atoms with Gasteiger partial charge in [-0.25, -0.2) is 10.1 Å². The Bertz CT molecular complexity index is 77.8. The Hall–Kier alpha value is -0.960. The number of rotatable bonds is 1. The molecule has 0 fully saturated rings. The average Bonchev–Trinajstić information content (AvgIpc) is 1.69. The van der Waals surface area contributed by atoms with E-state index < -0.39 is 0 Å². The van der Waals surface area contributed by atoms with Crippen molar-refractivity contribution < 1.29 is 25.3 Å². The maximum atomic E-state index is 7.40. The second-order valence-electron chi connectivity index (χ2n) is 0.453. The van der Waals surface area contributed by atoms with Crippen molar-refractivity contribution in [3.05, 3.63) is 0 Å². The van der Waals surface area contributed by atoms with E-state index in [2.05, 4.69) is 14.8 Å². The minimum absolute atomic E-state index is 1.55. The molecule has 0 radical (unpaired) electrons. The van der Waals surface area contributed by atoms with Gasteiger partial charge in [-0.05, 0) is 5.04 Å². The lowest BCUT2D eigenvalue weighted by Crippen LogP contribution is -1.77. The van der Waals surface area contributed by atoms with Crippen LogP contribution < -0.4 is 0 Å². The highest BCUT2D eigenvalue weighted by molar-refractivity contribution is 4.76. The highest BCUT2D eigenvalue weighted by atomic mass is 17.5. The molecule has 0 saturated carbocycles. The van der Waals surface area contributed by atoms with Crippen LogP contribution in [0.15, 0.2) is 0 Å². The quantitative estimate of drug-likeness (QED) is 0.275. The normalized spacial score (nSPS) is 6.00. The maximum Gasteiger partial charge on any atom is 0.208 e. The van der Waals surface area contributed by atoms with Crippen LogP contribution in [0.3, 0.4) is 0 Å². The van der Waals surface area contributed by atoms with E-state index in [4.69, 9.17) is 10.5 Å². The first-order chi connectivity index (χ1) is 3.41. The van der Waals surface area contributed by atoms with Gasteiger partial charge >= 0.3 is 0 Å². The van der Waals surface area contributed by atoms with Crippen LogP contribution in [0, 0.1) is 12.2 Å². The molecule has 0 rings (SSSR count). The fourth-order valence-corrected chi connectivity index (χ4v) is 0.0543. The van der Waals surface area contributed by atoms with E-state index in [0.29, 0.717) is 0 Å². The predicted molar refractivity (Wildman–Crippen MR) is 16.3 cm³/mol. The van der Waals surface area contributed by atoms with Crippen LogP contribution in [0.5, 0.6) is 0 Å². The van der Waals surface area contributed by atoms with Gasteiger partial charge in [0, 0.05) is 0 Å². The summed E-state index contributed by atoms with van der Waals surface area (Å²) in [6.07, 6.45) is 3.14. The molecule has 0 aliphatic rings. The van der Waals surface area contributed by atoms with Gasteiger partial charge < -0.3 is 0 Å². The van der Waals surface area contributed by atoms with Crippen molar-refractivity contribution in [2.24, 2.45) is 0 Å². The van der Waals surface area contributed by atoms with E-state index in [1.54, 1.807) is 12.2 Å². The molecule has 40 valence electrons. The fraction of sp³-hybridized carbons (Fsp3) is 0. The molecule has 2 N–H and O–H groups in total. The number of hydrogen-bond donors (Lipinski definition) is 2. The van der Waals surface area contributed by atoms with Crippen LogP contribution in [-0.4, -0.2) is 10.5 Å². The Morgan fingerprint density at radius 2 is 1.86 bits per heavy atom. The van der Waals surface area contributed by atoms with Gasteiger partial charge in [0.05, 0.1) is 0 Å². The lowest BCUT2D eigenvalue weighted by Gasteiger charge is -1.77. The summed E-state index contributed by atoms with van der Waals surface area (Å²) in [5, 5.41) is 17.7. The van der Waals surface area contributed by atoms with Crippen LogP contribution in [0.25, 0.3) is 0 Å². The molecule has 0 heterocycles. The molecule has 0 saturated heterocycles. The molecule has 0 aliphatic heterocycles. The summed E-state index contributed by atoms with van der Waals surface area (Å²) in [6, 6.07) is 0. The largest absolute Gasteiger partial charge is 0.282 e. The molecule has 0 aromatic rings. The van der Waals surface area contributed by atoms with Crippen molar-refractivity contribution >= 4 is 0 Å². The van der Waals surface area contributed by atoms with Crippen LogP contribution in [0.2, 0.25) is 0 Å². The van der Waals surface area contributed by atoms with Crippen molar-refractivity contribution in [1.29, 1.82) is 0 Å². The first-order valence-electron chi connectivity index (χ1n) is 1.19. The zero-order valence-corrected chi connectivity index (χ0v) is 3.12. The SMILES string of the molecule is OOC#COOO. The van der Waals surface area contributed by atoms with Gasteiger partial charge in [-0.1, -0.05) is 0 Å². The van der Waals surface area contributed by atoms with E-state index in [1.807, 2.05) is 0 Å². The van der Waals surface area contributed by atoms with E-state index in [-0.39, 0.29) is 0 Å². The molecular formula is C2H2O5. The minimum Gasteiger partial charge on any atom is -0.282 e. The Kier molecular flexibility index (Phi) is 4.35. The molecule has 0 amide bonds. The van der Waals surface area contributed by atoms with E-state index in [0.717, 1.165) is 0 Å². The Balaban J connectivity index is 2.91. The molecule has 0 spiro atoms. The maximum absolute atomic E-state index is 7.40. The van der Waals surface area contributed by atoms with Crippen molar-refractivity contribution in [2.75, 3.05) is 0 Å². The lowest BCUT2D eigenvalue weighted by atomic mass is 11.2. The first kappa shape index (κ1) is 6.04. The molecule has 0 aliphatic carbocycles. The Morgan fingerprint density at radius 3 is 2.29 bits per heavy atom. The van der Waals surface area contributed by atoms with Gasteiger partial charge in [0.15, 0.2) is 0 Å². The molecule has 5 heteroatoms. The molecular weight excluding hydrogens is 104 g/mol. The second kappa shape index (κ2) is 5.04. The Morgan fingerprint density at radius 1 is 1.14 bits per heavy atom. The molecule has 0 atom stereocenters. The molecule has 0 bridgehead atoms. The van der Waals surface area contributed by atoms with Gasteiger partial charge in [0.1, 0.15) is 0 Å². The molecule has 5 nitrogen and oxygen atoms in total. The summed E-state index contributed by atoms with van der Waals surface area (Å²) < 4.78 is 0. The molecule has 0 aromatic carbocycles. The van der Waals surface area contributed by atoms with Gasteiger partial charge in [0.2, 0.25) is 12.2 Å². The van der Waals surface area contributed by atoms with Crippen molar-refractivity contribution in [3.8, 4) is 12.2 Å². The van der Waals surface area contributed by atoms with Gasteiger partial charge in [-0.3, -0.25) is 4.89 Å². The monoisotopic (exact) mass is 106 g/mol. The van der Waals surface area contributed by atoms with E-state index in [1.165, 1.54) is 0 Å². The lowest BCUT2D eigenvalue weighted by molar-refractivity contribution is -0.458. The summed E-state index contributed by atoms with van der Waals surface area (Å²) in [4.78, 5) is 6.65. The van der Waals surface area contributed by atoms with Gasteiger partial charge in [-0.2, -0.15) is 5.26 Å². The third-order valence-corrected chi connectivity index (χ3v) is 0.166. The highest BCUT2D eigenvalue weighted by Gasteiger charge is 1.66. The molecule has 0 unspecified atom stereocenters. The summed E-state index contributed by atoms with van der Waals surface area (Å²) >= 11 is 0. The highest BCUT2D eigenvalue weighted by Crippen LogP contribution is 1.63. The Labute approximate surface area is 38.8 Å². The standard InChI is InChI=1S/C2H2O5/c3-5-1-2-6-7-4/h3-4H. The zero-order valence-electron chi connectivity index (χ0n) is 3.12. The van der Waals surface area contributed by atoms with E-state index in [9.17, 15) is 0 Å². The third kappa shape index (κ3) is 5.04. The molecule has 7 heavy (non-hydrogen) atoms. The van der Waals surface area contributed by atoms with E-state index >= 15 is 0 Å². The number of hydrogen-bond acceptors (Lipinski definition) is 5. The molecule has 0 aromatic heterocycles. The van der Waals surface area contributed by atoms with Crippen LogP contribution >= 0.6 is 0 Å². The summed E-state index contributed by atoms with van der Waals surface area (Å²) in [5.41, 5.74) is 0. The third-order valence-electron chi connectivity index (χ3n) is 0.166. The average molecular weight is 106 g/mol. The minimum atomic E-state index is 1.55. The van der Waals surface area contributed by atoms with Crippen LogP contribution in [0.1, 0.15) is 0 Å².